The molecule has 2 N–H and O–H groups in total. The number of hydrogen-bond acceptors (Lipinski definition) is 3. The van der Waals surface area contributed by atoms with Crippen LogP contribution in [0, 0.1) is 17.1 Å². The van der Waals surface area contributed by atoms with E-state index in [1.807, 2.05) is 24.3 Å². The summed E-state index contributed by atoms with van der Waals surface area (Å²) in [6.45, 7) is 3.44. The summed E-state index contributed by atoms with van der Waals surface area (Å²) in [5.74, 6) is -0.397. The van der Waals surface area contributed by atoms with Gasteiger partial charge >= 0.3 is 0 Å². The molecule has 0 aliphatic rings. The minimum absolute atomic E-state index is 0.345. The van der Waals surface area contributed by atoms with Crippen molar-refractivity contribution < 1.29 is 4.39 Å². The summed E-state index contributed by atoms with van der Waals surface area (Å²) in [7, 11) is 0. The second-order valence-corrected chi connectivity index (χ2v) is 4.89. The van der Waals surface area contributed by atoms with Crippen molar-refractivity contribution in [1.82, 2.24) is 0 Å². The van der Waals surface area contributed by atoms with Gasteiger partial charge in [-0.3, -0.25) is 0 Å². The van der Waals surface area contributed by atoms with E-state index in [0.29, 0.717) is 12.1 Å². The summed E-state index contributed by atoms with van der Waals surface area (Å²) >= 11 is 0. The average molecular weight is 283 g/mol. The lowest BCUT2D eigenvalue weighted by atomic mass is 10.1. The van der Waals surface area contributed by atoms with Gasteiger partial charge < -0.3 is 10.6 Å². The molecule has 2 rings (SSSR count). The van der Waals surface area contributed by atoms with Gasteiger partial charge in [0.15, 0.2) is 0 Å². The van der Waals surface area contributed by atoms with Gasteiger partial charge in [0.2, 0.25) is 0 Å². The molecule has 0 atom stereocenters. The molecule has 4 heteroatoms. The van der Waals surface area contributed by atoms with Crippen molar-refractivity contribution in [2.45, 2.75) is 19.9 Å². The normalized spacial score (nSPS) is 10.1. The number of hydrogen-bond donors (Lipinski definition) is 1. The zero-order chi connectivity index (χ0) is 15.2. The van der Waals surface area contributed by atoms with E-state index in [-0.39, 0.29) is 0 Å². The topological polar surface area (TPSA) is 53.0 Å². The third-order valence-corrected chi connectivity index (χ3v) is 3.33. The molecule has 108 valence electrons. The van der Waals surface area contributed by atoms with E-state index in [1.165, 1.54) is 12.1 Å². The summed E-state index contributed by atoms with van der Waals surface area (Å²) in [6, 6.07) is 14.0. The molecule has 2 aromatic rings. The van der Waals surface area contributed by atoms with Gasteiger partial charge in [-0.05, 0) is 36.2 Å². The lowest BCUT2D eigenvalue weighted by Gasteiger charge is -2.26. The number of nitrogen functional groups attached to an aromatic ring is 1. The van der Waals surface area contributed by atoms with Gasteiger partial charge in [-0.15, -0.1) is 0 Å². The van der Waals surface area contributed by atoms with Crippen LogP contribution < -0.4 is 10.6 Å². The molecule has 2 aromatic carbocycles. The molecule has 0 aliphatic heterocycles. The third kappa shape index (κ3) is 3.51. The Kier molecular flexibility index (Phi) is 4.78. The minimum Gasteiger partial charge on any atom is -0.398 e. The molecular weight excluding hydrogens is 265 g/mol. The van der Waals surface area contributed by atoms with Crippen molar-refractivity contribution >= 4 is 11.4 Å². The number of halogens is 1. The maximum absolute atomic E-state index is 13.3. The molecule has 0 saturated heterocycles. The quantitative estimate of drug-likeness (QED) is 0.851. The van der Waals surface area contributed by atoms with E-state index >= 15 is 0 Å². The molecule has 0 unspecified atom stereocenters. The lowest BCUT2D eigenvalue weighted by molar-refractivity contribution is 0.626. The van der Waals surface area contributed by atoms with Crippen LogP contribution in [-0.2, 0) is 6.54 Å². The number of anilines is 2. The second kappa shape index (κ2) is 6.76. The van der Waals surface area contributed by atoms with Crippen LogP contribution >= 0.6 is 0 Å². The molecule has 0 radical (unpaired) electrons. The van der Waals surface area contributed by atoms with Crippen LogP contribution in [-0.4, -0.2) is 6.54 Å². The van der Waals surface area contributed by atoms with E-state index in [9.17, 15) is 9.65 Å². The summed E-state index contributed by atoms with van der Waals surface area (Å²) in [4.78, 5) is 2.06. The van der Waals surface area contributed by atoms with Crippen LogP contribution in [0.1, 0.15) is 24.5 Å². The zero-order valence-electron chi connectivity index (χ0n) is 12.0. The highest BCUT2D eigenvalue weighted by Gasteiger charge is 2.13. The Morgan fingerprint density at radius 1 is 1.24 bits per heavy atom. The highest BCUT2D eigenvalue weighted by Crippen LogP contribution is 2.24. The van der Waals surface area contributed by atoms with Gasteiger partial charge in [-0.1, -0.05) is 25.1 Å². The first-order valence-corrected chi connectivity index (χ1v) is 6.93. The van der Waals surface area contributed by atoms with E-state index in [4.69, 9.17) is 5.73 Å². The number of nitrogens with zero attached hydrogens (tertiary/aromatic N) is 2. The van der Waals surface area contributed by atoms with E-state index in [2.05, 4.69) is 17.9 Å². The molecule has 0 fully saturated rings. The van der Waals surface area contributed by atoms with Crippen LogP contribution in [0.5, 0.6) is 0 Å². The summed E-state index contributed by atoms with van der Waals surface area (Å²) < 4.78 is 13.3. The first-order valence-electron chi connectivity index (χ1n) is 6.93. The molecule has 21 heavy (non-hydrogen) atoms. The molecule has 3 nitrogen and oxygen atoms in total. The molecule has 0 saturated carbocycles. The average Bonchev–Trinajstić information content (AvgIpc) is 2.49. The van der Waals surface area contributed by atoms with Gasteiger partial charge in [0, 0.05) is 18.8 Å². The highest BCUT2D eigenvalue weighted by molar-refractivity contribution is 5.60. The molecule has 0 spiro atoms. The monoisotopic (exact) mass is 283 g/mol. The van der Waals surface area contributed by atoms with Crippen molar-refractivity contribution in [2.75, 3.05) is 17.2 Å². The molecule has 0 amide bonds. The molecule has 0 heterocycles. The molecular formula is C17H18FN3. The summed E-state index contributed by atoms with van der Waals surface area (Å²) in [5.41, 5.74) is 8.79. The minimum atomic E-state index is -0.397. The van der Waals surface area contributed by atoms with Crippen molar-refractivity contribution in [2.24, 2.45) is 0 Å². The van der Waals surface area contributed by atoms with Gasteiger partial charge in [-0.25, -0.2) is 4.39 Å². The Balaban J connectivity index is 2.36. The Morgan fingerprint density at radius 3 is 2.67 bits per heavy atom. The number of para-hydroxylation sites is 1. The Bertz CT molecular complexity index is 661. The van der Waals surface area contributed by atoms with Gasteiger partial charge in [-0.2, -0.15) is 5.26 Å². The number of nitriles is 1. The third-order valence-electron chi connectivity index (χ3n) is 3.33. The maximum atomic E-state index is 13.3. The molecule has 0 bridgehead atoms. The smallest absolute Gasteiger partial charge is 0.124 e. The second-order valence-electron chi connectivity index (χ2n) is 4.89. The zero-order valence-corrected chi connectivity index (χ0v) is 12.0. The van der Waals surface area contributed by atoms with Gasteiger partial charge in [0.05, 0.1) is 11.3 Å². The van der Waals surface area contributed by atoms with Crippen molar-refractivity contribution in [3.8, 4) is 6.07 Å². The summed E-state index contributed by atoms with van der Waals surface area (Å²) in [5, 5.41) is 9.21. The maximum Gasteiger partial charge on any atom is 0.124 e. The predicted octanol–water partition coefficient (Wildman–Crippen LogP) is 3.70. The van der Waals surface area contributed by atoms with Crippen molar-refractivity contribution in [3.63, 3.8) is 0 Å². The van der Waals surface area contributed by atoms with Crippen LogP contribution in [0.4, 0.5) is 15.8 Å². The van der Waals surface area contributed by atoms with Gasteiger partial charge in [0.1, 0.15) is 11.9 Å². The predicted molar refractivity (Wildman–Crippen MR) is 83.3 cm³/mol. The number of benzene rings is 2. The lowest BCUT2D eigenvalue weighted by Crippen LogP contribution is -2.25. The molecule has 0 aromatic heterocycles. The highest BCUT2D eigenvalue weighted by atomic mass is 19.1. The van der Waals surface area contributed by atoms with Crippen molar-refractivity contribution in [3.05, 3.63) is 59.4 Å². The van der Waals surface area contributed by atoms with Crippen molar-refractivity contribution in [1.29, 1.82) is 5.26 Å². The van der Waals surface area contributed by atoms with Crippen LogP contribution in [0.2, 0.25) is 0 Å². The van der Waals surface area contributed by atoms with Gasteiger partial charge in [0.25, 0.3) is 0 Å². The number of rotatable bonds is 5. The first-order chi connectivity index (χ1) is 10.2. The number of nitrogens with two attached hydrogens (primary N) is 1. The van der Waals surface area contributed by atoms with E-state index in [0.717, 1.165) is 29.9 Å². The fraction of sp³-hybridized carbons (Fsp3) is 0.235. The van der Waals surface area contributed by atoms with E-state index < -0.39 is 5.82 Å². The van der Waals surface area contributed by atoms with E-state index in [1.54, 1.807) is 6.07 Å². The van der Waals surface area contributed by atoms with Crippen LogP contribution in [0.15, 0.2) is 42.5 Å². The Labute approximate surface area is 124 Å². The first kappa shape index (κ1) is 14.9. The fourth-order valence-electron chi connectivity index (χ4n) is 2.31. The summed E-state index contributed by atoms with van der Waals surface area (Å²) in [6.07, 6.45) is 0.926. The Hall–Kier alpha value is -2.54. The van der Waals surface area contributed by atoms with Crippen LogP contribution in [0.25, 0.3) is 0 Å². The molecule has 0 aliphatic carbocycles. The SMILES string of the molecule is CCCN(Cc1ccccc1N)c1ccc(F)cc1C#N. The Morgan fingerprint density at radius 2 is 2.00 bits per heavy atom. The largest absolute Gasteiger partial charge is 0.398 e. The van der Waals surface area contributed by atoms with Crippen LogP contribution in [0.3, 0.4) is 0 Å². The standard InChI is InChI=1S/C17H18FN3/c1-2-9-21(12-13-5-3-4-6-16(13)20)17-8-7-15(18)10-14(17)11-19/h3-8,10H,2,9,12,20H2,1H3. The fourth-order valence-corrected chi connectivity index (χ4v) is 2.31.